The van der Waals surface area contributed by atoms with E-state index in [0.29, 0.717) is 11.7 Å². The largest absolute Gasteiger partial charge is 0.480 e. The van der Waals surface area contributed by atoms with E-state index in [9.17, 15) is 4.79 Å². The van der Waals surface area contributed by atoms with Gasteiger partial charge >= 0.3 is 5.97 Å². The predicted octanol–water partition coefficient (Wildman–Crippen LogP) is 2.71. The van der Waals surface area contributed by atoms with Crippen molar-refractivity contribution in [3.8, 4) is 0 Å². The summed E-state index contributed by atoms with van der Waals surface area (Å²) in [6, 6.07) is -0.358. The maximum atomic E-state index is 11.1. The molecule has 1 saturated heterocycles. The molecule has 2 fully saturated rings. The van der Waals surface area contributed by atoms with Crippen molar-refractivity contribution < 1.29 is 9.90 Å². The van der Waals surface area contributed by atoms with Crippen molar-refractivity contribution in [3.05, 3.63) is 0 Å². The molecule has 0 aromatic rings. The Labute approximate surface area is 108 Å². The number of nitrogens with one attached hydrogen (secondary N) is 1. The van der Waals surface area contributed by atoms with E-state index in [1.165, 1.54) is 19.3 Å². The zero-order chi connectivity index (χ0) is 12.7. The lowest BCUT2D eigenvalue weighted by Crippen LogP contribution is -2.54. The Morgan fingerprint density at radius 2 is 2.12 bits per heavy atom. The van der Waals surface area contributed by atoms with Gasteiger partial charge in [-0.1, -0.05) is 33.6 Å². The first-order chi connectivity index (χ1) is 7.85. The minimum atomic E-state index is -0.701. The van der Waals surface area contributed by atoms with Gasteiger partial charge in [0.1, 0.15) is 6.04 Å². The molecule has 2 unspecified atom stereocenters. The molecule has 1 aliphatic carbocycles. The van der Waals surface area contributed by atoms with E-state index in [4.69, 9.17) is 5.11 Å². The molecular formula is C13H23NO2S. The zero-order valence-corrected chi connectivity index (χ0v) is 11.8. The third-order valence-corrected chi connectivity index (χ3v) is 5.75. The second-order valence-corrected chi connectivity index (χ2v) is 7.75. The molecule has 1 saturated carbocycles. The SMILES string of the molecule is CC(C)(C)C1CCCCC12N[C@@H](C(=O)O)CS2. The molecule has 1 aliphatic heterocycles. The fourth-order valence-electron chi connectivity index (χ4n) is 3.36. The van der Waals surface area contributed by atoms with Gasteiger partial charge < -0.3 is 5.11 Å². The molecule has 1 spiro atoms. The minimum Gasteiger partial charge on any atom is -0.480 e. The number of carboxylic acids is 1. The number of rotatable bonds is 1. The van der Waals surface area contributed by atoms with Crippen LogP contribution < -0.4 is 5.32 Å². The van der Waals surface area contributed by atoms with Gasteiger partial charge in [0, 0.05) is 5.75 Å². The van der Waals surface area contributed by atoms with Crippen LogP contribution in [0.4, 0.5) is 0 Å². The van der Waals surface area contributed by atoms with Crippen molar-refractivity contribution >= 4 is 17.7 Å². The van der Waals surface area contributed by atoms with Crippen molar-refractivity contribution in [2.45, 2.75) is 57.4 Å². The molecule has 4 heteroatoms. The Balaban J connectivity index is 2.19. The summed E-state index contributed by atoms with van der Waals surface area (Å²) >= 11 is 1.85. The smallest absolute Gasteiger partial charge is 0.321 e. The van der Waals surface area contributed by atoms with E-state index in [2.05, 4.69) is 26.1 Å². The van der Waals surface area contributed by atoms with E-state index in [-0.39, 0.29) is 16.3 Å². The van der Waals surface area contributed by atoms with Crippen LogP contribution in [0.15, 0.2) is 0 Å². The van der Waals surface area contributed by atoms with Gasteiger partial charge in [-0.25, -0.2) is 0 Å². The number of hydrogen-bond acceptors (Lipinski definition) is 3. The molecule has 3 nitrogen and oxygen atoms in total. The summed E-state index contributed by atoms with van der Waals surface area (Å²) in [7, 11) is 0. The fourth-order valence-corrected chi connectivity index (χ4v) is 5.24. The molecule has 2 aliphatic rings. The Bertz CT molecular complexity index is 313. The van der Waals surface area contributed by atoms with Gasteiger partial charge in [0.15, 0.2) is 0 Å². The summed E-state index contributed by atoms with van der Waals surface area (Å²) in [6.45, 7) is 6.84. The summed E-state index contributed by atoms with van der Waals surface area (Å²) in [4.78, 5) is 11.1. The Kier molecular flexibility index (Phi) is 3.47. The standard InChI is InChI=1S/C13H23NO2S/c1-12(2,3)10-6-4-5-7-13(10)14-9(8-17-13)11(15)16/h9-10,14H,4-8H2,1-3H3,(H,15,16)/t9-,10?,13?/m1/s1. The van der Waals surface area contributed by atoms with E-state index < -0.39 is 5.97 Å². The Morgan fingerprint density at radius 1 is 1.41 bits per heavy atom. The van der Waals surface area contributed by atoms with Crippen LogP contribution in [-0.2, 0) is 4.79 Å². The Morgan fingerprint density at radius 3 is 2.65 bits per heavy atom. The lowest BCUT2D eigenvalue weighted by Gasteiger charge is -2.47. The number of thioether (sulfide) groups is 1. The van der Waals surface area contributed by atoms with E-state index in [1.54, 1.807) is 0 Å². The second-order valence-electron chi connectivity index (χ2n) is 6.40. The van der Waals surface area contributed by atoms with Gasteiger partial charge in [0.05, 0.1) is 4.87 Å². The number of carbonyl (C=O) groups is 1. The van der Waals surface area contributed by atoms with Gasteiger partial charge in [-0.05, 0) is 24.2 Å². The first kappa shape index (κ1) is 13.2. The van der Waals surface area contributed by atoms with Crippen LogP contribution in [0.3, 0.4) is 0 Å². The molecule has 1 heterocycles. The van der Waals surface area contributed by atoms with Gasteiger partial charge in [-0.15, -0.1) is 11.8 Å². The Hall–Kier alpha value is -0.220. The number of carboxylic acid groups (broad SMARTS) is 1. The van der Waals surface area contributed by atoms with Gasteiger partial charge in [-0.3, -0.25) is 10.1 Å². The molecule has 0 aromatic carbocycles. The molecule has 2 N–H and O–H groups in total. The minimum absolute atomic E-state index is 0.0134. The van der Waals surface area contributed by atoms with Gasteiger partial charge in [0.2, 0.25) is 0 Å². The molecule has 0 amide bonds. The number of aliphatic carboxylic acids is 1. The topological polar surface area (TPSA) is 49.3 Å². The van der Waals surface area contributed by atoms with Crippen LogP contribution in [-0.4, -0.2) is 27.7 Å². The summed E-state index contributed by atoms with van der Waals surface area (Å²) in [6.07, 6.45) is 4.84. The van der Waals surface area contributed by atoms with Crippen LogP contribution in [0, 0.1) is 11.3 Å². The van der Waals surface area contributed by atoms with E-state index in [1.807, 2.05) is 11.8 Å². The highest BCUT2D eigenvalue weighted by Crippen LogP contribution is 2.52. The van der Waals surface area contributed by atoms with E-state index >= 15 is 0 Å². The zero-order valence-electron chi connectivity index (χ0n) is 11.0. The fraction of sp³-hybridized carbons (Fsp3) is 0.923. The summed E-state index contributed by atoms with van der Waals surface area (Å²) < 4.78 is 0. The highest BCUT2D eigenvalue weighted by Gasteiger charge is 2.51. The quantitative estimate of drug-likeness (QED) is 0.758. The van der Waals surface area contributed by atoms with Gasteiger partial charge in [-0.2, -0.15) is 0 Å². The van der Waals surface area contributed by atoms with Crippen molar-refractivity contribution in [1.29, 1.82) is 0 Å². The molecule has 3 atom stereocenters. The summed E-state index contributed by atoms with van der Waals surface area (Å²) in [5, 5.41) is 12.6. The average Bonchev–Trinajstić information content (AvgIpc) is 2.62. The molecule has 0 aromatic heterocycles. The predicted molar refractivity (Wildman–Crippen MR) is 71.2 cm³/mol. The first-order valence-electron chi connectivity index (χ1n) is 6.50. The third kappa shape index (κ3) is 2.48. The maximum Gasteiger partial charge on any atom is 0.321 e. The molecule has 17 heavy (non-hydrogen) atoms. The van der Waals surface area contributed by atoms with Gasteiger partial charge in [0.25, 0.3) is 0 Å². The molecule has 98 valence electrons. The first-order valence-corrected chi connectivity index (χ1v) is 7.48. The lowest BCUT2D eigenvalue weighted by molar-refractivity contribution is -0.139. The van der Waals surface area contributed by atoms with E-state index in [0.717, 1.165) is 6.42 Å². The third-order valence-electron chi connectivity index (χ3n) is 4.12. The summed E-state index contributed by atoms with van der Waals surface area (Å²) in [5.74, 6) is 0.577. The van der Waals surface area contributed by atoms with Crippen molar-refractivity contribution in [2.24, 2.45) is 11.3 Å². The highest BCUT2D eigenvalue weighted by atomic mass is 32.2. The molecule has 0 bridgehead atoms. The highest BCUT2D eigenvalue weighted by molar-refractivity contribution is 8.01. The second kappa shape index (κ2) is 4.47. The average molecular weight is 257 g/mol. The normalized spacial score (nSPS) is 38.5. The van der Waals surface area contributed by atoms with Crippen LogP contribution in [0.1, 0.15) is 46.5 Å². The lowest BCUT2D eigenvalue weighted by atomic mass is 9.69. The van der Waals surface area contributed by atoms with Crippen molar-refractivity contribution in [3.63, 3.8) is 0 Å². The van der Waals surface area contributed by atoms with Crippen LogP contribution in [0.5, 0.6) is 0 Å². The summed E-state index contributed by atoms with van der Waals surface area (Å²) in [5.41, 5.74) is 0.244. The molecule has 2 rings (SSSR count). The maximum absolute atomic E-state index is 11.1. The van der Waals surface area contributed by atoms with Crippen molar-refractivity contribution in [1.82, 2.24) is 5.32 Å². The molecular weight excluding hydrogens is 234 g/mol. The van der Waals surface area contributed by atoms with Crippen LogP contribution >= 0.6 is 11.8 Å². The number of hydrogen-bond donors (Lipinski definition) is 2. The van der Waals surface area contributed by atoms with Crippen LogP contribution in [0.2, 0.25) is 0 Å². The monoisotopic (exact) mass is 257 g/mol. The molecule has 0 radical (unpaired) electrons. The van der Waals surface area contributed by atoms with Crippen molar-refractivity contribution in [2.75, 3.05) is 5.75 Å². The van der Waals surface area contributed by atoms with Crippen LogP contribution in [0.25, 0.3) is 0 Å².